The number of benzene rings is 3. The third-order valence-electron chi connectivity index (χ3n) is 6.91. The molecule has 30 heavy (non-hydrogen) atoms. The zero-order chi connectivity index (χ0) is 20.1. The van der Waals surface area contributed by atoms with Crippen LogP contribution in [-0.4, -0.2) is 15.0 Å². The topological polar surface area (TPSA) is 48.2 Å². The minimum atomic E-state index is -0.109. The van der Waals surface area contributed by atoms with Crippen molar-refractivity contribution in [1.82, 2.24) is 14.5 Å². The molecule has 5 aromatic rings. The molecule has 5 heteroatoms. The first-order valence-electron chi connectivity index (χ1n) is 10.6. The van der Waals surface area contributed by atoms with Crippen molar-refractivity contribution < 1.29 is 9.53 Å². The number of para-hydroxylation sites is 2. The van der Waals surface area contributed by atoms with Crippen LogP contribution in [0.5, 0.6) is 0 Å². The zero-order valence-electron chi connectivity index (χ0n) is 16.9. The average Bonchev–Trinajstić information content (AvgIpc) is 3.39. The maximum absolute atomic E-state index is 13.1. The largest absolute Gasteiger partial charge is 0.348 e. The summed E-state index contributed by atoms with van der Waals surface area (Å²) in [5.41, 5.74) is 6.53. The predicted molar refractivity (Wildman–Crippen MR) is 119 cm³/mol. The van der Waals surface area contributed by atoms with E-state index in [2.05, 4.69) is 76.8 Å². The van der Waals surface area contributed by atoms with Crippen LogP contribution in [0, 0.1) is 0 Å². The zero-order valence-corrected chi connectivity index (χ0v) is 16.9. The van der Waals surface area contributed by atoms with E-state index in [1.165, 1.54) is 16.3 Å². The maximum Gasteiger partial charge on any atom is 0.252 e. The van der Waals surface area contributed by atoms with Gasteiger partial charge in [-0.05, 0) is 31.0 Å². The third kappa shape index (κ3) is 1.72. The lowest BCUT2D eigenvalue weighted by atomic mass is 9.97. The number of aromatic nitrogens is 2. The van der Waals surface area contributed by atoms with Crippen LogP contribution >= 0.6 is 0 Å². The molecule has 2 aliphatic heterocycles. The smallest absolute Gasteiger partial charge is 0.252 e. The lowest BCUT2D eigenvalue weighted by Gasteiger charge is -2.23. The van der Waals surface area contributed by atoms with Crippen LogP contribution in [0.3, 0.4) is 0 Å². The first-order chi connectivity index (χ1) is 14.7. The average molecular weight is 395 g/mol. The molecular formula is C25H21N3O2. The van der Waals surface area contributed by atoms with Gasteiger partial charge in [0.1, 0.15) is 12.5 Å². The number of hydrogen-bond donors (Lipinski definition) is 1. The molecule has 0 saturated heterocycles. The van der Waals surface area contributed by atoms with Gasteiger partial charge in [0.2, 0.25) is 0 Å². The van der Waals surface area contributed by atoms with E-state index in [0.717, 1.165) is 44.9 Å². The van der Waals surface area contributed by atoms with E-state index in [-0.39, 0.29) is 18.4 Å². The van der Waals surface area contributed by atoms with E-state index in [0.29, 0.717) is 6.54 Å². The predicted octanol–water partition coefficient (Wildman–Crippen LogP) is 5.60. The van der Waals surface area contributed by atoms with E-state index in [1.807, 2.05) is 0 Å². The number of nitrogens with zero attached hydrogens (tertiary/aromatic N) is 2. The second kappa shape index (κ2) is 5.43. The fraction of sp³-hybridized carbons (Fsp3) is 0.240. The molecule has 148 valence electrons. The van der Waals surface area contributed by atoms with Gasteiger partial charge in [-0.1, -0.05) is 43.3 Å². The number of nitrogens with one attached hydrogen (secondary N) is 1. The first kappa shape index (κ1) is 16.5. The van der Waals surface area contributed by atoms with E-state index in [1.54, 1.807) is 0 Å². The van der Waals surface area contributed by atoms with Crippen molar-refractivity contribution in [2.45, 2.75) is 39.3 Å². The van der Waals surface area contributed by atoms with Crippen molar-refractivity contribution in [3.05, 3.63) is 59.7 Å². The van der Waals surface area contributed by atoms with E-state index in [4.69, 9.17) is 4.74 Å². The van der Waals surface area contributed by atoms with Gasteiger partial charge in [0, 0.05) is 28.1 Å². The summed E-state index contributed by atoms with van der Waals surface area (Å²) < 4.78 is 11.3. The molecule has 3 aromatic carbocycles. The van der Waals surface area contributed by atoms with Crippen molar-refractivity contribution in [1.29, 1.82) is 0 Å². The first-order valence-corrected chi connectivity index (χ1v) is 10.6. The van der Waals surface area contributed by atoms with Crippen LogP contribution < -0.4 is 5.32 Å². The SMILES string of the molecule is CCC1OC(C)n2c3ccccc3c3c4c(c5c6ccccc6n1c5c32)C(=O)NC4. The minimum absolute atomic E-state index is 0.0258. The van der Waals surface area contributed by atoms with Gasteiger partial charge in [-0.15, -0.1) is 0 Å². The highest BCUT2D eigenvalue weighted by Crippen LogP contribution is 2.49. The Kier molecular flexibility index (Phi) is 2.99. The maximum atomic E-state index is 13.1. The molecule has 7 rings (SSSR count). The van der Waals surface area contributed by atoms with Gasteiger partial charge in [-0.2, -0.15) is 0 Å². The highest BCUT2D eigenvalue weighted by atomic mass is 16.5. The molecule has 2 unspecified atom stereocenters. The molecule has 5 nitrogen and oxygen atoms in total. The Bertz CT molecular complexity index is 1560. The molecular weight excluding hydrogens is 374 g/mol. The second-order valence-electron chi connectivity index (χ2n) is 8.36. The quantitative estimate of drug-likeness (QED) is 0.401. The molecule has 2 aromatic heterocycles. The Morgan fingerprint density at radius 2 is 1.60 bits per heavy atom. The van der Waals surface area contributed by atoms with Gasteiger partial charge in [-0.3, -0.25) is 4.79 Å². The number of carbonyl (C=O) groups excluding carboxylic acids is 1. The Morgan fingerprint density at radius 1 is 0.967 bits per heavy atom. The van der Waals surface area contributed by atoms with Gasteiger partial charge in [0.25, 0.3) is 5.91 Å². The number of ether oxygens (including phenoxy) is 1. The van der Waals surface area contributed by atoms with Gasteiger partial charge >= 0.3 is 0 Å². The summed E-state index contributed by atoms with van der Waals surface area (Å²) in [7, 11) is 0. The van der Waals surface area contributed by atoms with Gasteiger partial charge in [0.05, 0.1) is 27.6 Å². The monoisotopic (exact) mass is 395 g/mol. The van der Waals surface area contributed by atoms with Crippen molar-refractivity contribution >= 4 is 49.5 Å². The Labute approximate surface area is 172 Å². The summed E-state index contributed by atoms with van der Waals surface area (Å²) in [5.74, 6) is 0.0258. The molecule has 4 heterocycles. The molecule has 0 aliphatic carbocycles. The molecule has 1 amide bonds. The van der Waals surface area contributed by atoms with Gasteiger partial charge in [-0.25, -0.2) is 0 Å². The molecule has 1 N–H and O–H groups in total. The normalized spacial score (nSPS) is 20.5. The van der Waals surface area contributed by atoms with E-state index >= 15 is 0 Å². The molecule has 0 spiro atoms. The van der Waals surface area contributed by atoms with E-state index < -0.39 is 0 Å². The molecule has 0 bridgehead atoms. The molecule has 2 aliphatic rings. The lowest BCUT2D eigenvalue weighted by Crippen LogP contribution is -2.14. The van der Waals surface area contributed by atoms with Crippen LogP contribution in [0.1, 0.15) is 48.6 Å². The van der Waals surface area contributed by atoms with Crippen LogP contribution in [0.2, 0.25) is 0 Å². The van der Waals surface area contributed by atoms with Crippen LogP contribution in [-0.2, 0) is 11.3 Å². The summed E-state index contributed by atoms with van der Waals surface area (Å²) in [6, 6.07) is 16.9. The summed E-state index contributed by atoms with van der Waals surface area (Å²) in [4.78, 5) is 13.1. The number of amides is 1. The molecule has 2 atom stereocenters. The highest BCUT2D eigenvalue weighted by molar-refractivity contribution is 6.30. The number of carbonyl (C=O) groups is 1. The van der Waals surface area contributed by atoms with Crippen molar-refractivity contribution in [3.8, 4) is 0 Å². The fourth-order valence-electron chi connectivity index (χ4n) is 5.82. The highest BCUT2D eigenvalue weighted by Gasteiger charge is 2.35. The number of fused-ring (bicyclic) bond motifs is 9. The van der Waals surface area contributed by atoms with Crippen LogP contribution in [0.4, 0.5) is 0 Å². The number of rotatable bonds is 1. The van der Waals surface area contributed by atoms with Gasteiger partial charge < -0.3 is 19.2 Å². The van der Waals surface area contributed by atoms with Gasteiger partial charge in [0.15, 0.2) is 0 Å². The summed E-state index contributed by atoms with van der Waals surface area (Å²) in [6.45, 7) is 4.86. The summed E-state index contributed by atoms with van der Waals surface area (Å²) in [6.07, 6.45) is 0.653. The van der Waals surface area contributed by atoms with Crippen LogP contribution in [0.25, 0.3) is 43.6 Å². The van der Waals surface area contributed by atoms with Crippen molar-refractivity contribution in [2.75, 3.05) is 0 Å². The Hall–Kier alpha value is -3.31. The summed E-state index contributed by atoms with van der Waals surface area (Å²) >= 11 is 0. The van der Waals surface area contributed by atoms with Crippen LogP contribution in [0.15, 0.2) is 48.5 Å². The van der Waals surface area contributed by atoms with E-state index in [9.17, 15) is 4.79 Å². The van der Waals surface area contributed by atoms with Crippen molar-refractivity contribution in [2.24, 2.45) is 0 Å². The molecule has 0 radical (unpaired) electrons. The third-order valence-corrected chi connectivity index (χ3v) is 6.91. The Balaban J connectivity index is 1.91. The minimum Gasteiger partial charge on any atom is -0.348 e. The molecule has 0 fully saturated rings. The fourth-order valence-corrected chi connectivity index (χ4v) is 5.82. The lowest BCUT2D eigenvalue weighted by molar-refractivity contribution is -0.0720. The van der Waals surface area contributed by atoms with Crippen molar-refractivity contribution in [3.63, 3.8) is 0 Å². The standard InChI is InChI=1S/C25H21N3O2/c1-3-19-28-18-11-7-5-9-15(18)21-22-16(12-26-25(22)29)20-14-8-4-6-10-17(14)27(13(2)30-19)23(20)24(21)28/h4-11,13,19H,3,12H2,1-2H3,(H,26,29). The molecule has 0 saturated carbocycles. The number of hydrogen-bond acceptors (Lipinski definition) is 2. The second-order valence-corrected chi connectivity index (χ2v) is 8.36. The summed E-state index contributed by atoms with van der Waals surface area (Å²) in [5, 5.41) is 7.65. The Morgan fingerprint density at radius 3 is 2.33 bits per heavy atom.